The smallest absolute Gasteiger partial charge is 0.203 e. The van der Waals surface area contributed by atoms with E-state index in [9.17, 15) is 0 Å². The van der Waals surface area contributed by atoms with Crippen LogP contribution in [0.4, 0.5) is 10.3 Å². The van der Waals surface area contributed by atoms with Gasteiger partial charge in [0.2, 0.25) is 10.3 Å². The van der Waals surface area contributed by atoms with E-state index in [2.05, 4.69) is 20.4 Å². The fourth-order valence-electron chi connectivity index (χ4n) is 1.13. The van der Waals surface area contributed by atoms with Crippen LogP contribution in [0.2, 0.25) is 0 Å². The Hall–Kier alpha value is -1.28. The second kappa shape index (κ2) is 4.49. The van der Waals surface area contributed by atoms with Gasteiger partial charge < -0.3 is 11.5 Å². The number of anilines is 2. The predicted octanol–water partition coefficient (Wildman–Crippen LogP) is 0.729. The van der Waals surface area contributed by atoms with Crippen molar-refractivity contribution in [2.24, 2.45) is 0 Å². The summed E-state index contributed by atoms with van der Waals surface area (Å²) in [5.74, 6) is 0. The van der Waals surface area contributed by atoms with Gasteiger partial charge in [0.05, 0.1) is 0 Å². The first-order valence-corrected chi connectivity index (χ1v) is 6.03. The Morgan fingerprint density at radius 2 is 1.27 bits per heavy atom. The average molecular weight is 242 g/mol. The Bertz CT molecular complexity index is 396. The van der Waals surface area contributed by atoms with Crippen LogP contribution in [0.25, 0.3) is 0 Å². The van der Waals surface area contributed by atoms with Gasteiger partial charge in [-0.25, -0.2) is 0 Å². The molecule has 0 unspecified atom stereocenters. The largest absolute Gasteiger partial charge is 0.374 e. The van der Waals surface area contributed by atoms with Gasteiger partial charge in [-0.3, -0.25) is 0 Å². The first-order chi connectivity index (χ1) is 7.24. The number of hydrogen-bond acceptors (Lipinski definition) is 8. The van der Waals surface area contributed by atoms with Gasteiger partial charge in [0, 0.05) is 12.8 Å². The van der Waals surface area contributed by atoms with E-state index in [4.69, 9.17) is 11.5 Å². The van der Waals surface area contributed by atoms with E-state index in [1.807, 2.05) is 0 Å². The van der Waals surface area contributed by atoms with Gasteiger partial charge in [0.25, 0.3) is 0 Å². The monoisotopic (exact) mass is 242 g/mol. The van der Waals surface area contributed by atoms with Crippen LogP contribution in [0.3, 0.4) is 0 Å². The quantitative estimate of drug-likeness (QED) is 0.819. The summed E-state index contributed by atoms with van der Waals surface area (Å²) in [5.41, 5.74) is 10.9. The van der Waals surface area contributed by atoms with Gasteiger partial charge in [-0.2, -0.15) is 0 Å². The van der Waals surface area contributed by atoms with E-state index < -0.39 is 0 Å². The van der Waals surface area contributed by atoms with E-state index in [0.717, 1.165) is 29.3 Å². The van der Waals surface area contributed by atoms with E-state index in [0.29, 0.717) is 10.3 Å². The Morgan fingerprint density at radius 3 is 1.60 bits per heavy atom. The Kier molecular flexibility index (Phi) is 3.07. The van der Waals surface area contributed by atoms with Crippen molar-refractivity contribution in [3.63, 3.8) is 0 Å². The summed E-state index contributed by atoms with van der Waals surface area (Å²) in [6, 6.07) is 0. The van der Waals surface area contributed by atoms with Crippen LogP contribution in [-0.4, -0.2) is 20.4 Å². The second-order valence-corrected chi connectivity index (χ2v) is 5.11. The van der Waals surface area contributed by atoms with Crippen molar-refractivity contribution >= 4 is 32.9 Å². The molecular weight excluding hydrogens is 232 g/mol. The molecule has 0 aliphatic carbocycles. The molecule has 2 rings (SSSR count). The van der Waals surface area contributed by atoms with Crippen molar-refractivity contribution in [2.75, 3.05) is 11.5 Å². The lowest BCUT2D eigenvalue weighted by Gasteiger charge is -1.92. The molecule has 0 aliphatic rings. The highest BCUT2D eigenvalue weighted by molar-refractivity contribution is 7.15. The maximum Gasteiger partial charge on any atom is 0.203 e. The zero-order valence-electron chi connectivity index (χ0n) is 7.88. The highest BCUT2D eigenvalue weighted by Gasteiger charge is 2.04. The predicted molar refractivity (Wildman–Crippen MR) is 60.7 cm³/mol. The minimum atomic E-state index is 0.519. The lowest BCUT2D eigenvalue weighted by molar-refractivity contribution is 0.787. The van der Waals surface area contributed by atoms with Crippen molar-refractivity contribution in [1.29, 1.82) is 0 Å². The summed E-state index contributed by atoms with van der Waals surface area (Å²) in [6.07, 6.45) is 2.70. The van der Waals surface area contributed by atoms with Crippen molar-refractivity contribution in [1.82, 2.24) is 20.4 Å². The highest BCUT2D eigenvalue weighted by Crippen LogP contribution is 2.16. The van der Waals surface area contributed by atoms with E-state index in [1.165, 1.54) is 22.7 Å². The topological polar surface area (TPSA) is 104 Å². The summed E-state index contributed by atoms with van der Waals surface area (Å²) < 4.78 is 0. The molecule has 0 amide bonds. The Balaban J connectivity index is 1.80. The summed E-state index contributed by atoms with van der Waals surface area (Å²) in [5, 5.41) is 18.3. The second-order valence-electron chi connectivity index (χ2n) is 2.92. The third kappa shape index (κ3) is 2.83. The number of aromatic nitrogens is 4. The number of nitrogen functional groups attached to an aromatic ring is 2. The molecule has 0 spiro atoms. The molecule has 0 aromatic carbocycles. The standard InChI is InChI=1S/C7H10N6S2/c8-6-12-10-4(14-6)2-1-3-5-11-13-7(9)15-5/h1-3H2,(H2,8,12)(H2,9,13). The van der Waals surface area contributed by atoms with E-state index in [1.54, 1.807) is 0 Å². The minimum absolute atomic E-state index is 0.519. The SMILES string of the molecule is Nc1nnc(CCCc2nnc(N)s2)s1. The fraction of sp³-hybridized carbons (Fsp3) is 0.429. The number of nitrogens with two attached hydrogens (primary N) is 2. The van der Waals surface area contributed by atoms with Gasteiger partial charge in [-0.05, 0) is 6.42 Å². The van der Waals surface area contributed by atoms with Crippen LogP contribution in [0.5, 0.6) is 0 Å². The number of hydrogen-bond donors (Lipinski definition) is 2. The molecule has 2 aromatic rings. The van der Waals surface area contributed by atoms with Gasteiger partial charge in [0.1, 0.15) is 10.0 Å². The molecule has 8 heteroatoms. The molecule has 0 radical (unpaired) electrons. The lowest BCUT2D eigenvalue weighted by atomic mass is 10.2. The molecule has 2 aromatic heterocycles. The normalized spacial score (nSPS) is 10.7. The van der Waals surface area contributed by atoms with Crippen LogP contribution in [-0.2, 0) is 12.8 Å². The summed E-state index contributed by atoms with van der Waals surface area (Å²) in [4.78, 5) is 0. The van der Waals surface area contributed by atoms with Crippen molar-refractivity contribution in [3.05, 3.63) is 10.0 Å². The fourth-order valence-corrected chi connectivity index (χ4v) is 2.43. The zero-order chi connectivity index (χ0) is 10.7. The van der Waals surface area contributed by atoms with Crippen molar-refractivity contribution in [3.8, 4) is 0 Å². The van der Waals surface area contributed by atoms with Crippen LogP contribution in [0.15, 0.2) is 0 Å². The third-order valence-corrected chi connectivity index (χ3v) is 3.37. The third-order valence-electron chi connectivity index (χ3n) is 1.75. The summed E-state index contributed by atoms with van der Waals surface area (Å²) in [7, 11) is 0. The zero-order valence-corrected chi connectivity index (χ0v) is 9.51. The number of rotatable bonds is 4. The van der Waals surface area contributed by atoms with E-state index in [-0.39, 0.29) is 0 Å². The molecule has 15 heavy (non-hydrogen) atoms. The first-order valence-electron chi connectivity index (χ1n) is 4.40. The van der Waals surface area contributed by atoms with Crippen molar-refractivity contribution in [2.45, 2.75) is 19.3 Å². The van der Waals surface area contributed by atoms with Crippen LogP contribution in [0, 0.1) is 0 Å². The van der Waals surface area contributed by atoms with E-state index >= 15 is 0 Å². The average Bonchev–Trinajstić information content (AvgIpc) is 2.76. The molecule has 0 atom stereocenters. The van der Waals surface area contributed by atoms with Crippen molar-refractivity contribution < 1.29 is 0 Å². The molecule has 0 bridgehead atoms. The minimum Gasteiger partial charge on any atom is -0.374 e. The van der Waals surface area contributed by atoms with Gasteiger partial charge >= 0.3 is 0 Å². The molecule has 6 nitrogen and oxygen atoms in total. The molecule has 0 saturated heterocycles. The van der Waals surface area contributed by atoms with Crippen LogP contribution in [0.1, 0.15) is 16.4 Å². The Labute approximate surface area is 94.4 Å². The molecule has 0 saturated carbocycles. The molecule has 0 fully saturated rings. The van der Waals surface area contributed by atoms with Gasteiger partial charge in [0.15, 0.2) is 0 Å². The molecule has 0 aliphatic heterocycles. The number of nitrogens with zero attached hydrogens (tertiary/aromatic N) is 4. The molecule has 80 valence electrons. The maximum atomic E-state index is 5.47. The van der Waals surface area contributed by atoms with Crippen LogP contribution >= 0.6 is 22.7 Å². The van der Waals surface area contributed by atoms with Gasteiger partial charge in [-0.15, -0.1) is 20.4 Å². The maximum absolute atomic E-state index is 5.47. The van der Waals surface area contributed by atoms with Gasteiger partial charge in [-0.1, -0.05) is 22.7 Å². The summed E-state index contributed by atoms with van der Waals surface area (Å²) in [6.45, 7) is 0. The highest BCUT2D eigenvalue weighted by atomic mass is 32.1. The molecule has 4 N–H and O–H groups in total. The lowest BCUT2D eigenvalue weighted by Crippen LogP contribution is -1.89. The first kappa shape index (κ1) is 10.2. The Morgan fingerprint density at radius 1 is 0.800 bits per heavy atom. The molecule has 2 heterocycles. The van der Waals surface area contributed by atoms with Crippen LogP contribution < -0.4 is 11.5 Å². The molecular formula is C7H10N6S2. The summed E-state index contributed by atoms with van der Waals surface area (Å²) >= 11 is 2.85. The number of aryl methyl sites for hydroxylation is 2.